The van der Waals surface area contributed by atoms with E-state index in [0.29, 0.717) is 12.5 Å². The minimum absolute atomic E-state index is 0.603. The van der Waals surface area contributed by atoms with Crippen LogP contribution in [-0.4, -0.2) is 34.7 Å². The zero-order chi connectivity index (χ0) is 19.9. The van der Waals surface area contributed by atoms with Crippen molar-refractivity contribution in [3.63, 3.8) is 0 Å². The van der Waals surface area contributed by atoms with Crippen LogP contribution in [0.4, 0.5) is 0 Å². The maximum atomic E-state index is 6.26. The molecule has 150 valence electrons. The predicted molar refractivity (Wildman–Crippen MR) is 116 cm³/mol. The first kappa shape index (κ1) is 19.4. The van der Waals surface area contributed by atoms with Crippen LogP contribution in [0.1, 0.15) is 24.0 Å². The SMILES string of the molecule is C=CCc1ccc(OCC2CCNCC2)c(-c2cn(Cc3ccccc3)nn2)c1. The van der Waals surface area contributed by atoms with Gasteiger partial charge in [0.15, 0.2) is 0 Å². The molecule has 0 aliphatic carbocycles. The third kappa shape index (κ3) is 5.12. The summed E-state index contributed by atoms with van der Waals surface area (Å²) in [5.41, 5.74) is 4.23. The van der Waals surface area contributed by atoms with Gasteiger partial charge in [-0.15, -0.1) is 11.7 Å². The second kappa shape index (κ2) is 9.52. The summed E-state index contributed by atoms with van der Waals surface area (Å²) in [5, 5.41) is 12.2. The molecule has 4 rings (SSSR count). The minimum Gasteiger partial charge on any atom is -0.493 e. The molecule has 29 heavy (non-hydrogen) atoms. The van der Waals surface area contributed by atoms with Gasteiger partial charge in [0, 0.05) is 5.56 Å². The van der Waals surface area contributed by atoms with Crippen LogP contribution in [0.25, 0.3) is 11.3 Å². The molecule has 1 N–H and O–H groups in total. The Kier molecular flexibility index (Phi) is 6.37. The van der Waals surface area contributed by atoms with Crippen LogP contribution in [0.2, 0.25) is 0 Å². The van der Waals surface area contributed by atoms with Crippen LogP contribution in [0, 0.1) is 5.92 Å². The van der Waals surface area contributed by atoms with Crippen LogP contribution in [0.5, 0.6) is 5.75 Å². The Balaban J connectivity index is 1.55. The normalized spacial score (nSPS) is 14.6. The Morgan fingerprint density at radius 3 is 2.72 bits per heavy atom. The molecule has 0 radical (unpaired) electrons. The Morgan fingerprint density at radius 2 is 1.93 bits per heavy atom. The predicted octanol–water partition coefficient (Wildman–Crippen LogP) is 4.10. The van der Waals surface area contributed by atoms with Crippen LogP contribution >= 0.6 is 0 Å². The molecule has 0 atom stereocenters. The van der Waals surface area contributed by atoms with E-state index in [2.05, 4.69) is 52.5 Å². The number of nitrogens with zero attached hydrogens (tertiary/aromatic N) is 3. The van der Waals surface area contributed by atoms with Gasteiger partial charge in [0.1, 0.15) is 11.4 Å². The summed E-state index contributed by atoms with van der Waals surface area (Å²) in [5.74, 6) is 1.48. The first-order chi connectivity index (χ1) is 14.3. The molecule has 1 aromatic heterocycles. The second-order valence-corrected chi connectivity index (χ2v) is 7.61. The van der Waals surface area contributed by atoms with E-state index in [1.165, 1.54) is 11.1 Å². The average molecular weight is 389 g/mol. The van der Waals surface area contributed by atoms with E-state index in [4.69, 9.17) is 4.74 Å². The second-order valence-electron chi connectivity index (χ2n) is 7.61. The van der Waals surface area contributed by atoms with Gasteiger partial charge in [-0.05, 0) is 61.5 Å². The number of rotatable bonds is 8. The number of aromatic nitrogens is 3. The van der Waals surface area contributed by atoms with Gasteiger partial charge in [0.2, 0.25) is 0 Å². The Bertz CT molecular complexity index is 929. The van der Waals surface area contributed by atoms with E-state index in [1.807, 2.05) is 35.2 Å². The van der Waals surface area contributed by atoms with Crippen molar-refractivity contribution in [1.29, 1.82) is 0 Å². The van der Waals surface area contributed by atoms with Gasteiger partial charge in [-0.2, -0.15) is 0 Å². The Labute approximate surface area is 172 Å². The summed E-state index contributed by atoms with van der Waals surface area (Å²) >= 11 is 0. The maximum absolute atomic E-state index is 6.26. The molecule has 0 bridgehead atoms. The molecule has 1 aliphatic rings. The van der Waals surface area contributed by atoms with Crippen molar-refractivity contribution in [3.8, 4) is 17.0 Å². The summed E-state index contributed by atoms with van der Waals surface area (Å²) in [6.45, 7) is 7.46. The highest BCUT2D eigenvalue weighted by atomic mass is 16.5. The first-order valence-corrected chi connectivity index (χ1v) is 10.3. The van der Waals surface area contributed by atoms with Crippen molar-refractivity contribution in [3.05, 3.63) is 78.5 Å². The summed E-state index contributed by atoms with van der Waals surface area (Å²) in [6, 6.07) is 16.6. The number of hydrogen-bond donors (Lipinski definition) is 1. The van der Waals surface area contributed by atoms with Crippen molar-refractivity contribution in [2.24, 2.45) is 5.92 Å². The van der Waals surface area contributed by atoms with Gasteiger partial charge in [-0.3, -0.25) is 0 Å². The van der Waals surface area contributed by atoms with Crippen LogP contribution in [-0.2, 0) is 13.0 Å². The van der Waals surface area contributed by atoms with Crippen molar-refractivity contribution in [2.75, 3.05) is 19.7 Å². The van der Waals surface area contributed by atoms with E-state index in [0.717, 1.165) is 56.0 Å². The topological polar surface area (TPSA) is 52.0 Å². The molecule has 1 fully saturated rings. The molecule has 2 heterocycles. The quantitative estimate of drug-likeness (QED) is 0.590. The van der Waals surface area contributed by atoms with Gasteiger partial charge in [0.05, 0.1) is 19.3 Å². The smallest absolute Gasteiger partial charge is 0.128 e. The van der Waals surface area contributed by atoms with E-state index < -0.39 is 0 Å². The molecule has 0 spiro atoms. The van der Waals surface area contributed by atoms with Gasteiger partial charge in [0.25, 0.3) is 0 Å². The van der Waals surface area contributed by atoms with Crippen molar-refractivity contribution < 1.29 is 4.74 Å². The fourth-order valence-electron chi connectivity index (χ4n) is 3.72. The first-order valence-electron chi connectivity index (χ1n) is 10.3. The van der Waals surface area contributed by atoms with Gasteiger partial charge in [-0.25, -0.2) is 4.68 Å². The van der Waals surface area contributed by atoms with Gasteiger partial charge in [-0.1, -0.05) is 47.7 Å². The molecular weight excluding hydrogens is 360 g/mol. The van der Waals surface area contributed by atoms with E-state index in [-0.39, 0.29) is 0 Å². The molecular formula is C24H28N4O. The third-order valence-corrected chi connectivity index (χ3v) is 5.36. The molecule has 3 aromatic rings. The monoisotopic (exact) mass is 388 g/mol. The van der Waals surface area contributed by atoms with E-state index in [9.17, 15) is 0 Å². The molecule has 5 nitrogen and oxygen atoms in total. The molecule has 0 unspecified atom stereocenters. The Hall–Kier alpha value is -2.92. The third-order valence-electron chi connectivity index (χ3n) is 5.36. The van der Waals surface area contributed by atoms with Crippen molar-refractivity contribution in [2.45, 2.75) is 25.8 Å². The van der Waals surface area contributed by atoms with Gasteiger partial charge >= 0.3 is 0 Å². The summed E-state index contributed by atoms with van der Waals surface area (Å²) in [4.78, 5) is 0. The number of nitrogens with one attached hydrogen (secondary N) is 1. The number of ether oxygens (including phenoxy) is 1. The molecule has 1 saturated heterocycles. The van der Waals surface area contributed by atoms with E-state index in [1.54, 1.807) is 0 Å². The fraction of sp³-hybridized carbons (Fsp3) is 0.333. The average Bonchev–Trinajstić information content (AvgIpc) is 3.23. The summed E-state index contributed by atoms with van der Waals surface area (Å²) in [7, 11) is 0. The molecule has 0 amide bonds. The summed E-state index contributed by atoms with van der Waals surface area (Å²) in [6.07, 6.45) is 7.06. The summed E-state index contributed by atoms with van der Waals surface area (Å²) < 4.78 is 8.14. The zero-order valence-corrected chi connectivity index (χ0v) is 16.8. The highest BCUT2D eigenvalue weighted by Crippen LogP contribution is 2.31. The molecule has 1 aliphatic heterocycles. The van der Waals surface area contributed by atoms with Crippen LogP contribution < -0.4 is 10.1 Å². The number of allylic oxidation sites excluding steroid dienone is 1. The van der Waals surface area contributed by atoms with Crippen molar-refractivity contribution >= 4 is 0 Å². The lowest BCUT2D eigenvalue weighted by atomic mass is 9.99. The Morgan fingerprint density at radius 1 is 1.10 bits per heavy atom. The van der Waals surface area contributed by atoms with Crippen LogP contribution in [0.15, 0.2) is 67.4 Å². The molecule has 0 saturated carbocycles. The molecule has 5 heteroatoms. The number of hydrogen-bond acceptors (Lipinski definition) is 4. The standard InChI is InChI=1S/C24H28N4O/c1-2-6-19-9-10-24(29-18-21-11-13-25-14-12-21)22(15-19)23-17-28(27-26-23)16-20-7-4-3-5-8-20/h2-5,7-10,15,17,21,25H,1,6,11-14,16,18H2. The van der Waals surface area contributed by atoms with Crippen LogP contribution in [0.3, 0.4) is 0 Å². The minimum atomic E-state index is 0.603. The van der Waals surface area contributed by atoms with Crippen molar-refractivity contribution in [1.82, 2.24) is 20.3 Å². The lowest BCUT2D eigenvalue weighted by molar-refractivity contribution is 0.216. The highest BCUT2D eigenvalue weighted by Gasteiger charge is 2.16. The zero-order valence-electron chi connectivity index (χ0n) is 16.8. The lowest BCUT2D eigenvalue weighted by Crippen LogP contribution is -2.30. The molecule has 2 aromatic carbocycles. The van der Waals surface area contributed by atoms with Gasteiger partial charge < -0.3 is 10.1 Å². The fourth-order valence-corrected chi connectivity index (χ4v) is 3.72. The highest BCUT2D eigenvalue weighted by molar-refractivity contribution is 5.67. The lowest BCUT2D eigenvalue weighted by Gasteiger charge is -2.23. The van der Waals surface area contributed by atoms with E-state index >= 15 is 0 Å². The maximum Gasteiger partial charge on any atom is 0.128 e. The number of benzene rings is 2. The largest absolute Gasteiger partial charge is 0.493 e. The number of piperidine rings is 1.